The second-order valence-electron chi connectivity index (χ2n) is 3.97. The maximum Gasteiger partial charge on any atom is 0.349 e. The molecule has 1 heterocycles. The summed E-state index contributed by atoms with van der Waals surface area (Å²) in [6, 6.07) is 3.07. The van der Waals surface area contributed by atoms with E-state index in [0.29, 0.717) is 9.75 Å². The van der Waals surface area contributed by atoms with Gasteiger partial charge in [0.25, 0.3) is 5.69 Å². The molecule has 7 heteroatoms. The first kappa shape index (κ1) is 14.9. The molecule has 0 saturated heterocycles. The van der Waals surface area contributed by atoms with E-state index in [9.17, 15) is 14.9 Å². The van der Waals surface area contributed by atoms with Gasteiger partial charge < -0.3 is 4.74 Å². The van der Waals surface area contributed by atoms with E-state index in [0.717, 1.165) is 11.3 Å². The van der Waals surface area contributed by atoms with Gasteiger partial charge in [0.1, 0.15) is 11.6 Å². The lowest BCUT2D eigenvalue weighted by Gasteiger charge is -2.05. The molecule has 0 atom stereocenters. The molecule has 1 aromatic rings. The van der Waals surface area contributed by atoms with Crippen molar-refractivity contribution in [2.45, 2.75) is 26.9 Å². The van der Waals surface area contributed by atoms with Gasteiger partial charge in [0.2, 0.25) is 0 Å². The van der Waals surface area contributed by atoms with E-state index in [-0.39, 0.29) is 17.4 Å². The van der Waals surface area contributed by atoms with E-state index >= 15 is 0 Å². The molecular formula is C12H12N2O4S. The zero-order valence-electron chi connectivity index (χ0n) is 10.7. The minimum absolute atomic E-state index is 0.0224. The molecule has 0 unspecified atom stereocenters. The SMILES string of the molecule is Cc1sc(/C=C(\C#N)C(=O)OC(C)C)cc1[N+](=O)[O-]. The molecule has 0 radical (unpaired) electrons. The largest absolute Gasteiger partial charge is 0.459 e. The minimum Gasteiger partial charge on any atom is -0.459 e. The zero-order chi connectivity index (χ0) is 14.6. The van der Waals surface area contributed by atoms with Crippen molar-refractivity contribution in [1.82, 2.24) is 0 Å². The summed E-state index contributed by atoms with van der Waals surface area (Å²) in [6.45, 7) is 4.96. The van der Waals surface area contributed by atoms with Gasteiger partial charge in [-0.15, -0.1) is 11.3 Å². The Morgan fingerprint density at radius 3 is 2.68 bits per heavy atom. The highest BCUT2D eigenvalue weighted by Crippen LogP contribution is 2.29. The van der Waals surface area contributed by atoms with Gasteiger partial charge in [0, 0.05) is 10.9 Å². The fraction of sp³-hybridized carbons (Fsp3) is 0.333. The summed E-state index contributed by atoms with van der Waals surface area (Å²) in [4.78, 5) is 22.8. The molecule has 0 aliphatic rings. The second-order valence-corrected chi connectivity index (χ2v) is 5.26. The predicted octanol–water partition coefficient (Wildman–Crippen LogP) is 2.82. The minimum atomic E-state index is -0.730. The third-order valence-electron chi connectivity index (χ3n) is 2.08. The van der Waals surface area contributed by atoms with Crippen LogP contribution in [0.5, 0.6) is 0 Å². The summed E-state index contributed by atoms with van der Waals surface area (Å²) in [6.07, 6.45) is 0.971. The third-order valence-corrected chi connectivity index (χ3v) is 3.06. The van der Waals surface area contributed by atoms with Gasteiger partial charge >= 0.3 is 5.97 Å². The lowest BCUT2D eigenvalue weighted by Crippen LogP contribution is -2.12. The molecule has 1 aromatic heterocycles. The Bertz CT molecular complexity index is 581. The second kappa shape index (κ2) is 6.11. The first-order valence-corrected chi connectivity index (χ1v) is 6.24. The average molecular weight is 280 g/mol. The molecule has 0 fully saturated rings. The molecule has 100 valence electrons. The van der Waals surface area contributed by atoms with Gasteiger partial charge in [-0.05, 0) is 26.8 Å². The maximum atomic E-state index is 11.6. The van der Waals surface area contributed by atoms with Crippen molar-refractivity contribution in [1.29, 1.82) is 5.26 Å². The van der Waals surface area contributed by atoms with Crippen LogP contribution in [0.15, 0.2) is 11.6 Å². The van der Waals surface area contributed by atoms with Gasteiger partial charge in [-0.25, -0.2) is 4.79 Å². The van der Waals surface area contributed by atoms with Gasteiger partial charge in [-0.3, -0.25) is 10.1 Å². The number of nitriles is 1. The zero-order valence-corrected chi connectivity index (χ0v) is 11.5. The number of aryl methyl sites for hydroxylation is 1. The lowest BCUT2D eigenvalue weighted by atomic mass is 10.2. The third kappa shape index (κ3) is 3.89. The van der Waals surface area contributed by atoms with Crippen molar-refractivity contribution >= 4 is 29.1 Å². The smallest absolute Gasteiger partial charge is 0.349 e. The fourth-order valence-electron chi connectivity index (χ4n) is 1.30. The molecule has 0 aliphatic carbocycles. The molecule has 0 amide bonds. The first-order valence-electron chi connectivity index (χ1n) is 5.42. The van der Waals surface area contributed by atoms with Crippen LogP contribution in [0.2, 0.25) is 0 Å². The summed E-state index contributed by atoms with van der Waals surface area (Å²) >= 11 is 1.15. The van der Waals surface area contributed by atoms with E-state index in [1.54, 1.807) is 26.8 Å². The van der Waals surface area contributed by atoms with Crippen LogP contribution in [0.25, 0.3) is 6.08 Å². The Hall–Kier alpha value is -2.20. The van der Waals surface area contributed by atoms with Crippen LogP contribution in [-0.4, -0.2) is 17.0 Å². The van der Waals surface area contributed by atoms with E-state index in [1.807, 2.05) is 0 Å². The quantitative estimate of drug-likeness (QED) is 0.278. The van der Waals surface area contributed by atoms with Gasteiger partial charge in [0.05, 0.1) is 15.9 Å². The number of nitrogens with zero attached hydrogens (tertiary/aromatic N) is 2. The van der Waals surface area contributed by atoms with E-state index < -0.39 is 10.9 Å². The van der Waals surface area contributed by atoms with Crippen LogP contribution in [0.1, 0.15) is 23.6 Å². The Morgan fingerprint density at radius 2 is 2.26 bits per heavy atom. The van der Waals surface area contributed by atoms with E-state index in [2.05, 4.69) is 0 Å². The van der Waals surface area contributed by atoms with Crippen LogP contribution < -0.4 is 0 Å². The predicted molar refractivity (Wildman–Crippen MR) is 70.5 cm³/mol. The topological polar surface area (TPSA) is 93.2 Å². The Labute approximate surface area is 114 Å². The summed E-state index contributed by atoms with van der Waals surface area (Å²) in [5.41, 5.74) is -0.199. The number of hydrogen-bond acceptors (Lipinski definition) is 6. The van der Waals surface area contributed by atoms with Gasteiger partial charge in [-0.2, -0.15) is 5.26 Å². The van der Waals surface area contributed by atoms with Crippen molar-refractivity contribution in [3.63, 3.8) is 0 Å². The highest BCUT2D eigenvalue weighted by molar-refractivity contribution is 7.13. The number of esters is 1. The molecule has 0 aliphatic heterocycles. The number of nitro groups is 1. The number of rotatable bonds is 4. The molecule has 6 nitrogen and oxygen atoms in total. The summed E-state index contributed by atoms with van der Waals surface area (Å²) in [5, 5.41) is 19.6. The molecule has 0 spiro atoms. The number of hydrogen-bond donors (Lipinski definition) is 0. The number of ether oxygens (including phenoxy) is 1. The molecule has 0 saturated carbocycles. The van der Waals surface area contributed by atoms with Crippen molar-refractivity contribution in [2.24, 2.45) is 0 Å². The Balaban J connectivity index is 3.06. The van der Waals surface area contributed by atoms with Crippen LogP contribution in [0, 0.1) is 28.4 Å². The number of carbonyl (C=O) groups is 1. The summed E-state index contributed by atoms with van der Waals surface area (Å²) in [7, 11) is 0. The highest BCUT2D eigenvalue weighted by atomic mass is 32.1. The molecule has 0 N–H and O–H groups in total. The van der Waals surface area contributed by atoms with Gasteiger partial charge in [0.15, 0.2) is 0 Å². The maximum absolute atomic E-state index is 11.6. The Kier molecular flexibility index (Phi) is 4.78. The number of carbonyl (C=O) groups excluding carboxylic acids is 1. The molecule has 19 heavy (non-hydrogen) atoms. The summed E-state index contributed by atoms with van der Waals surface area (Å²) in [5.74, 6) is -0.730. The first-order chi connectivity index (χ1) is 8.85. The molecule has 1 rings (SSSR count). The fourth-order valence-corrected chi connectivity index (χ4v) is 2.24. The van der Waals surface area contributed by atoms with Crippen molar-refractivity contribution in [3.05, 3.63) is 31.5 Å². The van der Waals surface area contributed by atoms with E-state index in [1.165, 1.54) is 12.1 Å². The normalized spacial score (nSPS) is 11.2. The molecule has 0 bridgehead atoms. The average Bonchev–Trinajstić information content (AvgIpc) is 2.66. The van der Waals surface area contributed by atoms with E-state index in [4.69, 9.17) is 10.00 Å². The highest BCUT2D eigenvalue weighted by Gasteiger charge is 2.17. The monoisotopic (exact) mass is 280 g/mol. The molecule has 0 aromatic carbocycles. The van der Waals surface area contributed by atoms with Crippen LogP contribution in [0.3, 0.4) is 0 Å². The summed E-state index contributed by atoms with van der Waals surface area (Å²) < 4.78 is 4.90. The van der Waals surface area contributed by atoms with Crippen LogP contribution in [-0.2, 0) is 9.53 Å². The van der Waals surface area contributed by atoms with Crippen molar-refractivity contribution in [2.75, 3.05) is 0 Å². The standard InChI is InChI=1S/C12H12N2O4S/c1-7(2)18-12(15)9(6-13)4-10-5-11(14(16)17)8(3)19-10/h4-5,7H,1-3H3/b9-4+. The van der Waals surface area contributed by atoms with Crippen LogP contribution in [0.4, 0.5) is 5.69 Å². The molecular weight excluding hydrogens is 268 g/mol. The van der Waals surface area contributed by atoms with Gasteiger partial charge in [-0.1, -0.05) is 0 Å². The van der Waals surface area contributed by atoms with Crippen molar-refractivity contribution in [3.8, 4) is 6.07 Å². The van der Waals surface area contributed by atoms with Crippen LogP contribution >= 0.6 is 11.3 Å². The Morgan fingerprint density at radius 1 is 1.63 bits per heavy atom. The van der Waals surface area contributed by atoms with Crippen molar-refractivity contribution < 1.29 is 14.5 Å². The lowest BCUT2D eigenvalue weighted by molar-refractivity contribution is -0.385. The number of thiophene rings is 1.